The van der Waals surface area contributed by atoms with Crippen molar-refractivity contribution in [3.8, 4) is 0 Å². The van der Waals surface area contributed by atoms with Crippen LogP contribution in [-0.2, 0) is 4.74 Å². The highest BCUT2D eigenvalue weighted by Gasteiger charge is 2.47. The molecule has 13 heavy (non-hydrogen) atoms. The normalized spacial score (nSPS) is 38.5. The molecule has 3 nitrogen and oxygen atoms in total. The second-order valence-electron chi connectivity index (χ2n) is 4.54. The maximum absolute atomic E-state index is 5.59. The zero-order valence-electron chi connectivity index (χ0n) is 8.68. The topological polar surface area (TPSA) is 24.5 Å². The van der Waals surface area contributed by atoms with Gasteiger partial charge in [-0.2, -0.15) is 0 Å². The molecule has 2 fully saturated rings. The van der Waals surface area contributed by atoms with Crippen LogP contribution in [0.15, 0.2) is 0 Å². The van der Waals surface area contributed by atoms with Crippen LogP contribution in [0.25, 0.3) is 0 Å². The van der Waals surface area contributed by atoms with Gasteiger partial charge in [0.15, 0.2) is 0 Å². The minimum atomic E-state index is 0.421. The summed E-state index contributed by atoms with van der Waals surface area (Å²) in [5.41, 5.74) is 0.421. The van der Waals surface area contributed by atoms with E-state index in [0.29, 0.717) is 5.41 Å². The molecule has 2 heterocycles. The minimum absolute atomic E-state index is 0.421. The molecule has 0 spiro atoms. The van der Waals surface area contributed by atoms with E-state index in [-0.39, 0.29) is 0 Å². The van der Waals surface area contributed by atoms with Crippen molar-refractivity contribution >= 4 is 0 Å². The van der Waals surface area contributed by atoms with Gasteiger partial charge >= 0.3 is 0 Å². The molecule has 2 aliphatic rings. The first-order valence-corrected chi connectivity index (χ1v) is 5.24. The summed E-state index contributed by atoms with van der Waals surface area (Å²) in [7, 11) is 2.20. The summed E-state index contributed by atoms with van der Waals surface area (Å²) in [6.07, 6.45) is 0. The van der Waals surface area contributed by atoms with Crippen LogP contribution in [0, 0.1) is 11.3 Å². The lowest BCUT2D eigenvalue weighted by molar-refractivity contribution is 0.126. The van der Waals surface area contributed by atoms with Crippen LogP contribution in [0.4, 0.5) is 0 Å². The van der Waals surface area contributed by atoms with Gasteiger partial charge in [-0.05, 0) is 13.6 Å². The predicted molar refractivity (Wildman–Crippen MR) is 52.8 cm³/mol. The first kappa shape index (κ1) is 9.44. The predicted octanol–water partition coefficient (Wildman–Crippen LogP) is 0.174. The number of fused-ring (bicyclic) bond motifs is 1. The van der Waals surface area contributed by atoms with Gasteiger partial charge in [0.25, 0.3) is 0 Å². The standard InChI is InChI=1S/C10H20N2O/c1-3-12(2)7-10-6-11-4-9(10)5-13-8-10/h9,11H,3-8H2,1-2H3/t9-,10-/m0/s1. The second-order valence-corrected chi connectivity index (χ2v) is 4.54. The third kappa shape index (κ3) is 1.60. The van der Waals surface area contributed by atoms with Crippen molar-refractivity contribution < 1.29 is 4.74 Å². The van der Waals surface area contributed by atoms with Crippen LogP contribution in [0.5, 0.6) is 0 Å². The van der Waals surface area contributed by atoms with Crippen LogP contribution in [-0.4, -0.2) is 51.3 Å². The molecular formula is C10H20N2O. The Hall–Kier alpha value is -0.120. The quantitative estimate of drug-likeness (QED) is 0.677. The van der Waals surface area contributed by atoms with E-state index in [1.54, 1.807) is 0 Å². The van der Waals surface area contributed by atoms with Crippen LogP contribution in [0.1, 0.15) is 6.92 Å². The average Bonchev–Trinajstić information content (AvgIpc) is 2.62. The summed E-state index contributed by atoms with van der Waals surface area (Å²) >= 11 is 0. The van der Waals surface area contributed by atoms with Crippen molar-refractivity contribution in [1.29, 1.82) is 0 Å². The Kier molecular flexibility index (Phi) is 2.58. The highest BCUT2D eigenvalue weighted by Crippen LogP contribution is 2.37. The monoisotopic (exact) mass is 184 g/mol. The van der Waals surface area contributed by atoms with Gasteiger partial charge in [-0.15, -0.1) is 0 Å². The van der Waals surface area contributed by atoms with Gasteiger partial charge in [0.2, 0.25) is 0 Å². The van der Waals surface area contributed by atoms with Crippen molar-refractivity contribution in [3.05, 3.63) is 0 Å². The van der Waals surface area contributed by atoms with E-state index in [1.807, 2.05) is 0 Å². The number of nitrogens with one attached hydrogen (secondary N) is 1. The van der Waals surface area contributed by atoms with Gasteiger partial charge in [-0.25, -0.2) is 0 Å². The van der Waals surface area contributed by atoms with E-state index < -0.39 is 0 Å². The Morgan fingerprint density at radius 1 is 1.62 bits per heavy atom. The largest absolute Gasteiger partial charge is 0.380 e. The Morgan fingerprint density at radius 2 is 2.46 bits per heavy atom. The molecule has 76 valence electrons. The lowest BCUT2D eigenvalue weighted by atomic mass is 9.80. The van der Waals surface area contributed by atoms with E-state index in [2.05, 4.69) is 24.2 Å². The van der Waals surface area contributed by atoms with Gasteiger partial charge in [-0.3, -0.25) is 0 Å². The Morgan fingerprint density at radius 3 is 3.23 bits per heavy atom. The highest BCUT2D eigenvalue weighted by molar-refractivity contribution is 4.99. The van der Waals surface area contributed by atoms with Gasteiger partial charge < -0.3 is 15.0 Å². The number of hydrogen-bond donors (Lipinski definition) is 1. The molecule has 0 radical (unpaired) electrons. The average molecular weight is 184 g/mol. The third-order valence-electron chi connectivity index (χ3n) is 3.57. The highest BCUT2D eigenvalue weighted by atomic mass is 16.5. The molecule has 0 aromatic carbocycles. The maximum Gasteiger partial charge on any atom is 0.0551 e. The lowest BCUT2D eigenvalue weighted by Gasteiger charge is -2.31. The van der Waals surface area contributed by atoms with Crippen LogP contribution in [0.3, 0.4) is 0 Å². The van der Waals surface area contributed by atoms with E-state index in [0.717, 1.165) is 38.8 Å². The lowest BCUT2D eigenvalue weighted by Crippen LogP contribution is -2.41. The zero-order chi connectivity index (χ0) is 9.31. The molecule has 2 atom stereocenters. The molecular weight excluding hydrogens is 164 g/mol. The summed E-state index contributed by atoms with van der Waals surface area (Å²) < 4.78 is 5.59. The zero-order valence-corrected chi connectivity index (χ0v) is 8.68. The van der Waals surface area contributed by atoms with Crippen molar-refractivity contribution in [3.63, 3.8) is 0 Å². The van der Waals surface area contributed by atoms with Crippen molar-refractivity contribution in [2.45, 2.75) is 6.92 Å². The van der Waals surface area contributed by atoms with Crippen LogP contribution < -0.4 is 5.32 Å². The Balaban J connectivity index is 2.01. The molecule has 0 aromatic heterocycles. The van der Waals surface area contributed by atoms with Gasteiger partial charge in [0, 0.05) is 31.0 Å². The number of nitrogens with zero attached hydrogens (tertiary/aromatic N) is 1. The molecule has 1 N–H and O–H groups in total. The summed E-state index contributed by atoms with van der Waals surface area (Å²) in [5.74, 6) is 0.751. The first-order chi connectivity index (χ1) is 6.27. The fraction of sp³-hybridized carbons (Fsp3) is 1.00. The van der Waals surface area contributed by atoms with Gasteiger partial charge in [0.1, 0.15) is 0 Å². The smallest absolute Gasteiger partial charge is 0.0551 e. The van der Waals surface area contributed by atoms with E-state index in [4.69, 9.17) is 4.74 Å². The summed E-state index contributed by atoms with van der Waals surface area (Å²) in [4.78, 5) is 2.40. The van der Waals surface area contributed by atoms with E-state index in [9.17, 15) is 0 Å². The SMILES string of the molecule is CCN(C)C[C@]12CNC[C@H]1COC2. The molecule has 3 heteroatoms. The molecule has 0 aliphatic carbocycles. The van der Waals surface area contributed by atoms with Crippen LogP contribution in [0.2, 0.25) is 0 Å². The molecule has 2 rings (SSSR count). The fourth-order valence-corrected chi connectivity index (χ4v) is 2.55. The Bertz CT molecular complexity index is 174. The molecule has 0 bridgehead atoms. The number of rotatable bonds is 3. The van der Waals surface area contributed by atoms with Crippen molar-refractivity contribution in [1.82, 2.24) is 10.2 Å². The fourth-order valence-electron chi connectivity index (χ4n) is 2.55. The van der Waals surface area contributed by atoms with Gasteiger partial charge in [-0.1, -0.05) is 6.92 Å². The molecule has 0 saturated carbocycles. The summed E-state index contributed by atoms with van der Waals surface area (Å²) in [6.45, 7) is 8.73. The third-order valence-corrected chi connectivity index (χ3v) is 3.57. The maximum atomic E-state index is 5.59. The van der Waals surface area contributed by atoms with E-state index in [1.165, 1.54) is 6.54 Å². The molecule has 2 aliphatic heterocycles. The molecule has 0 unspecified atom stereocenters. The molecule has 2 saturated heterocycles. The van der Waals surface area contributed by atoms with E-state index >= 15 is 0 Å². The molecule has 0 aromatic rings. The molecule has 0 amide bonds. The second kappa shape index (κ2) is 3.56. The van der Waals surface area contributed by atoms with Crippen LogP contribution >= 0.6 is 0 Å². The minimum Gasteiger partial charge on any atom is -0.380 e. The van der Waals surface area contributed by atoms with Crippen molar-refractivity contribution in [2.24, 2.45) is 11.3 Å². The Labute approximate surface area is 80.4 Å². The number of ether oxygens (including phenoxy) is 1. The first-order valence-electron chi connectivity index (χ1n) is 5.24. The van der Waals surface area contributed by atoms with Crippen molar-refractivity contribution in [2.75, 3.05) is 46.4 Å². The number of hydrogen-bond acceptors (Lipinski definition) is 3. The van der Waals surface area contributed by atoms with Gasteiger partial charge in [0.05, 0.1) is 13.2 Å². The summed E-state index contributed by atoms with van der Waals surface area (Å²) in [6, 6.07) is 0. The summed E-state index contributed by atoms with van der Waals surface area (Å²) in [5, 5.41) is 3.49.